The average Bonchev–Trinajstić information content (AvgIpc) is 2.97. The maximum Gasteiger partial charge on any atom is 0.315 e. The SMILES string of the molecule is COc1cc(C2C(C#N)=C(N)Oc3cc(OC(=O)Cc4ccc(Cl)cc4)ccc32)ccc1OCc1ccccc1F. The Balaban J connectivity index is 1.40. The molecular formula is C32H24ClFN2O5. The number of nitrogens with zero attached hydrogens (tertiary/aromatic N) is 1. The second-order valence-electron chi connectivity index (χ2n) is 9.19. The molecule has 0 radical (unpaired) electrons. The fourth-order valence-corrected chi connectivity index (χ4v) is 4.66. The number of allylic oxidation sites excluding steroid dienone is 1. The third-order valence-electron chi connectivity index (χ3n) is 6.55. The molecule has 1 atom stereocenters. The number of carbonyl (C=O) groups is 1. The normalized spacial score (nSPS) is 14.0. The van der Waals surface area contributed by atoms with Gasteiger partial charge in [0.25, 0.3) is 0 Å². The van der Waals surface area contributed by atoms with Gasteiger partial charge in [0.05, 0.1) is 19.4 Å². The van der Waals surface area contributed by atoms with Crippen LogP contribution in [0.2, 0.25) is 5.02 Å². The summed E-state index contributed by atoms with van der Waals surface area (Å²) in [6.07, 6.45) is 0.0590. The van der Waals surface area contributed by atoms with Gasteiger partial charge in [-0.1, -0.05) is 54.1 Å². The van der Waals surface area contributed by atoms with Crippen LogP contribution in [0.25, 0.3) is 0 Å². The first-order valence-electron chi connectivity index (χ1n) is 12.6. The minimum atomic E-state index is -0.586. The molecule has 1 aliphatic rings. The van der Waals surface area contributed by atoms with E-state index in [1.807, 2.05) is 0 Å². The lowest BCUT2D eigenvalue weighted by atomic mass is 9.83. The van der Waals surface area contributed by atoms with Crippen molar-refractivity contribution in [3.63, 3.8) is 0 Å². The van der Waals surface area contributed by atoms with Gasteiger partial charge in [-0.05, 0) is 47.5 Å². The molecule has 0 saturated heterocycles. The lowest BCUT2D eigenvalue weighted by Gasteiger charge is -2.27. The molecule has 0 spiro atoms. The molecule has 0 bridgehead atoms. The first-order chi connectivity index (χ1) is 19.9. The highest BCUT2D eigenvalue weighted by molar-refractivity contribution is 6.30. The van der Waals surface area contributed by atoms with Crippen LogP contribution in [0, 0.1) is 17.1 Å². The summed E-state index contributed by atoms with van der Waals surface area (Å²) in [4.78, 5) is 12.5. The standard InChI is InChI=1S/C32H24ClFN2O5/c1-38-29-15-20(8-13-27(29)39-18-21-4-2-3-5-26(21)34)31-24-12-11-23(16-28(24)41-32(36)25(31)17-35)40-30(37)14-19-6-9-22(33)10-7-19/h2-13,15-16,31H,14,18,36H2,1H3. The van der Waals surface area contributed by atoms with E-state index in [0.29, 0.717) is 39.0 Å². The Kier molecular flexibility index (Phi) is 8.09. The van der Waals surface area contributed by atoms with E-state index in [0.717, 1.165) is 5.56 Å². The number of ether oxygens (including phenoxy) is 4. The predicted octanol–water partition coefficient (Wildman–Crippen LogP) is 6.43. The van der Waals surface area contributed by atoms with E-state index in [1.165, 1.54) is 13.2 Å². The van der Waals surface area contributed by atoms with Crippen LogP contribution in [0.3, 0.4) is 0 Å². The molecular weight excluding hydrogens is 547 g/mol. The first kappa shape index (κ1) is 27.6. The number of hydrogen-bond acceptors (Lipinski definition) is 7. The number of nitrogens with two attached hydrogens (primary N) is 1. The molecule has 4 aromatic rings. The van der Waals surface area contributed by atoms with E-state index in [9.17, 15) is 14.4 Å². The van der Waals surface area contributed by atoms with Gasteiger partial charge < -0.3 is 24.7 Å². The van der Waals surface area contributed by atoms with E-state index < -0.39 is 11.9 Å². The second kappa shape index (κ2) is 12.0. The maximum absolute atomic E-state index is 14.0. The van der Waals surface area contributed by atoms with Crippen LogP contribution in [0.5, 0.6) is 23.0 Å². The summed E-state index contributed by atoms with van der Waals surface area (Å²) >= 11 is 5.91. The van der Waals surface area contributed by atoms with E-state index in [1.54, 1.807) is 78.9 Å². The quantitative estimate of drug-likeness (QED) is 0.192. The van der Waals surface area contributed by atoms with Crippen molar-refractivity contribution < 1.29 is 28.1 Å². The minimum absolute atomic E-state index is 0.0122. The van der Waals surface area contributed by atoms with Crippen LogP contribution >= 0.6 is 11.6 Å². The van der Waals surface area contributed by atoms with Crippen molar-refractivity contribution in [3.05, 3.63) is 129 Å². The molecule has 1 unspecified atom stereocenters. The van der Waals surface area contributed by atoms with Gasteiger partial charge in [-0.15, -0.1) is 0 Å². The van der Waals surface area contributed by atoms with Gasteiger partial charge in [-0.3, -0.25) is 4.79 Å². The van der Waals surface area contributed by atoms with Gasteiger partial charge >= 0.3 is 5.97 Å². The number of hydrogen-bond donors (Lipinski definition) is 1. The highest BCUT2D eigenvalue weighted by Gasteiger charge is 2.32. The highest BCUT2D eigenvalue weighted by Crippen LogP contribution is 2.45. The Hall–Kier alpha value is -5.00. The van der Waals surface area contributed by atoms with Crippen LogP contribution in [0.1, 0.15) is 28.2 Å². The van der Waals surface area contributed by atoms with Crippen molar-refractivity contribution in [3.8, 4) is 29.1 Å². The van der Waals surface area contributed by atoms with Crippen LogP contribution in [-0.4, -0.2) is 13.1 Å². The Morgan fingerprint density at radius 3 is 2.56 bits per heavy atom. The summed E-state index contributed by atoms with van der Waals surface area (Å²) in [5.74, 6) is -0.0506. The summed E-state index contributed by atoms with van der Waals surface area (Å²) in [5.41, 5.74) is 8.87. The highest BCUT2D eigenvalue weighted by atomic mass is 35.5. The number of benzene rings is 4. The van der Waals surface area contributed by atoms with E-state index in [2.05, 4.69) is 6.07 Å². The van der Waals surface area contributed by atoms with Crippen molar-refractivity contribution in [2.45, 2.75) is 18.9 Å². The largest absolute Gasteiger partial charge is 0.493 e. The molecule has 0 aromatic heterocycles. The fourth-order valence-electron chi connectivity index (χ4n) is 4.53. The van der Waals surface area contributed by atoms with Gasteiger partial charge in [0.2, 0.25) is 5.88 Å². The average molecular weight is 571 g/mol. The van der Waals surface area contributed by atoms with Crippen LogP contribution in [0.4, 0.5) is 4.39 Å². The van der Waals surface area contributed by atoms with Crippen LogP contribution < -0.4 is 24.7 Å². The number of methoxy groups -OCH3 is 1. The molecule has 1 aliphatic heterocycles. The Morgan fingerprint density at radius 1 is 1.05 bits per heavy atom. The predicted molar refractivity (Wildman–Crippen MR) is 150 cm³/mol. The topological polar surface area (TPSA) is 104 Å². The lowest BCUT2D eigenvalue weighted by molar-refractivity contribution is -0.133. The van der Waals surface area contributed by atoms with Crippen molar-refractivity contribution >= 4 is 17.6 Å². The summed E-state index contributed by atoms with van der Waals surface area (Å²) < 4.78 is 36.7. The van der Waals surface area contributed by atoms with E-state index >= 15 is 0 Å². The van der Waals surface area contributed by atoms with Gasteiger partial charge in [0.1, 0.15) is 35.6 Å². The molecule has 2 N–H and O–H groups in total. The molecule has 0 amide bonds. The molecule has 0 fully saturated rings. The monoisotopic (exact) mass is 570 g/mol. The summed E-state index contributed by atoms with van der Waals surface area (Å²) in [7, 11) is 1.49. The van der Waals surface area contributed by atoms with Gasteiger partial charge in [0, 0.05) is 22.2 Å². The smallest absolute Gasteiger partial charge is 0.315 e. The van der Waals surface area contributed by atoms with Crippen molar-refractivity contribution in [1.29, 1.82) is 5.26 Å². The summed E-state index contributed by atoms with van der Waals surface area (Å²) in [5, 5.41) is 10.5. The molecule has 206 valence electrons. The molecule has 9 heteroatoms. The first-order valence-corrected chi connectivity index (χ1v) is 12.9. The number of fused-ring (bicyclic) bond motifs is 1. The van der Waals surface area contributed by atoms with Crippen molar-refractivity contribution in [2.75, 3.05) is 7.11 Å². The molecule has 1 heterocycles. The third kappa shape index (κ3) is 6.11. The molecule has 0 saturated carbocycles. The van der Waals surface area contributed by atoms with Gasteiger partial charge in [0.15, 0.2) is 11.5 Å². The number of nitriles is 1. The van der Waals surface area contributed by atoms with Gasteiger partial charge in [-0.25, -0.2) is 4.39 Å². The number of rotatable bonds is 8. The number of carbonyl (C=O) groups excluding carboxylic acids is 1. The van der Waals surface area contributed by atoms with E-state index in [-0.39, 0.29) is 36.1 Å². The summed E-state index contributed by atoms with van der Waals surface area (Å²) in [6.45, 7) is 0.0122. The molecule has 4 aromatic carbocycles. The Labute approximate surface area is 241 Å². The zero-order chi connectivity index (χ0) is 28.9. The zero-order valence-electron chi connectivity index (χ0n) is 21.9. The molecule has 0 aliphatic carbocycles. The number of halogens is 2. The molecule has 7 nitrogen and oxygen atoms in total. The lowest BCUT2D eigenvalue weighted by Crippen LogP contribution is -2.21. The van der Waals surface area contributed by atoms with Crippen molar-refractivity contribution in [2.24, 2.45) is 5.73 Å². The van der Waals surface area contributed by atoms with E-state index in [4.69, 9.17) is 36.3 Å². The third-order valence-corrected chi connectivity index (χ3v) is 6.80. The molecule has 5 rings (SSSR count). The summed E-state index contributed by atoms with van der Waals surface area (Å²) in [6, 6.07) is 25.6. The Bertz CT molecular complexity index is 1680. The van der Waals surface area contributed by atoms with Gasteiger partial charge in [-0.2, -0.15) is 5.26 Å². The second-order valence-corrected chi connectivity index (χ2v) is 9.63. The Morgan fingerprint density at radius 2 is 1.83 bits per heavy atom. The number of esters is 1. The molecule has 41 heavy (non-hydrogen) atoms. The maximum atomic E-state index is 14.0. The van der Waals surface area contributed by atoms with Crippen LogP contribution in [0.15, 0.2) is 96.4 Å². The van der Waals surface area contributed by atoms with Crippen molar-refractivity contribution in [1.82, 2.24) is 0 Å². The fraction of sp³-hybridized carbons (Fsp3) is 0.125. The minimum Gasteiger partial charge on any atom is -0.493 e. The zero-order valence-corrected chi connectivity index (χ0v) is 22.7. The van der Waals surface area contributed by atoms with Crippen LogP contribution in [-0.2, 0) is 17.8 Å².